The minimum absolute atomic E-state index is 0.295. The summed E-state index contributed by atoms with van der Waals surface area (Å²) in [5, 5.41) is 0. The maximum atomic E-state index is 12.2. The van der Waals surface area contributed by atoms with E-state index in [-0.39, 0.29) is 6.61 Å². The number of hydrogen-bond acceptors (Lipinski definition) is 9. The highest BCUT2D eigenvalue weighted by atomic mass is 16.7. The van der Waals surface area contributed by atoms with Gasteiger partial charge in [0.15, 0.2) is 18.3 Å². The van der Waals surface area contributed by atoms with Crippen LogP contribution in [0, 0.1) is 12.3 Å². The molecule has 216 valence electrons. The Hall–Kier alpha value is -4.16. The average Bonchev–Trinajstić information content (AvgIpc) is 3.75. The predicted molar refractivity (Wildman–Crippen MR) is 147 cm³/mol. The number of ether oxygens (including phenoxy) is 5. The molecule has 2 fully saturated rings. The van der Waals surface area contributed by atoms with Crippen LogP contribution in [0.15, 0.2) is 42.5 Å². The zero-order valence-corrected chi connectivity index (χ0v) is 23.6. The fraction of sp³-hybridized carbons (Fsp3) is 0.438. The summed E-state index contributed by atoms with van der Waals surface area (Å²) in [5.74, 6) is 0.770. The summed E-state index contributed by atoms with van der Waals surface area (Å²) in [4.78, 5) is 48.0. The molecule has 0 spiro atoms. The van der Waals surface area contributed by atoms with Crippen LogP contribution in [0.5, 0.6) is 0 Å². The Balaban J connectivity index is 1.73. The molecular weight excluding hydrogens is 528 g/mol. The lowest BCUT2D eigenvalue weighted by atomic mass is 9.88. The van der Waals surface area contributed by atoms with Gasteiger partial charge in [0.1, 0.15) is 18.8 Å². The molecule has 1 saturated carbocycles. The van der Waals surface area contributed by atoms with Gasteiger partial charge in [-0.3, -0.25) is 19.2 Å². The number of hydrogen-bond donors (Lipinski definition) is 0. The minimum Gasteiger partial charge on any atom is -0.463 e. The fourth-order valence-corrected chi connectivity index (χ4v) is 5.12. The molecule has 9 nitrogen and oxygen atoms in total. The molecule has 0 aromatic heterocycles. The third-order valence-electron chi connectivity index (χ3n) is 7.03. The van der Waals surface area contributed by atoms with Gasteiger partial charge in [0.25, 0.3) is 0 Å². The first-order chi connectivity index (χ1) is 19.5. The molecule has 1 aliphatic heterocycles. The van der Waals surface area contributed by atoms with Gasteiger partial charge in [-0.05, 0) is 53.5 Å². The monoisotopic (exact) mass is 562 g/mol. The van der Waals surface area contributed by atoms with E-state index in [9.17, 15) is 19.2 Å². The summed E-state index contributed by atoms with van der Waals surface area (Å²) in [5.41, 5.74) is 4.52. The number of carbonyl (C=O) groups excluding carboxylic acids is 4. The van der Waals surface area contributed by atoms with Crippen LogP contribution >= 0.6 is 0 Å². The number of esters is 4. The van der Waals surface area contributed by atoms with E-state index >= 15 is 0 Å². The Bertz CT molecular complexity index is 1340. The lowest BCUT2D eigenvalue weighted by Gasteiger charge is -2.44. The van der Waals surface area contributed by atoms with Gasteiger partial charge >= 0.3 is 23.9 Å². The molecule has 1 aliphatic carbocycles. The van der Waals surface area contributed by atoms with Crippen molar-refractivity contribution in [2.24, 2.45) is 0 Å². The van der Waals surface area contributed by atoms with Crippen molar-refractivity contribution in [2.75, 3.05) is 6.61 Å². The summed E-state index contributed by atoms with van der Waals surface area (Å²) in [7, 11) is 0. The number of carbonyl (C=O) groups is 4. The molecule has 1 heterocycles. The van der Waals surface area contributed by atoms with Crippen LogP contribution in [0.1, 0.15) is 80.4 Å². The van der Waals surface area contributed by atoms with Crippen molar-refractivity contribution < 1.29 is 42.9 Å². The smallest absolute Gasteiger partial charge is 0.303 e. The maximum Gasteiger partial charge on any atom is 0.303 e. The highest BCUT2D eigenvalue weighted by molar-refractivity contribution is 5.69. The van der Waals surface area contributed by atoms with Crippen LogP contribution < -0.4 is 0 Å². The molecule has 0 N–H and O–H groups in total. The quantitative estimate of drug-likeness (QED) is 0.255. The van der Waals surface area contributed by atoms with Crippen molar-refractivity contribution in [3.63, 3.8) is 0 Å². The first-order valence-corrected chi connectivity index (χ1v) is 13.5. The summed E-state index contributed by atoms with van der Waals surface area (Å²) in [6.07, 6.45) is 3.16. The highest BCUT2D eigenvalue weighted by Gasteiger charge is 2.52. The van der Waals surface area contributed by atoms with Crippen LogP contribution in [0.3, 0.4) is 0 Å². The van der Waals surface area contributed by atoms with Gasteiger partial charge < -0.3 is 23.7 Å². The highest BCUT2D eigenvalue weighted by Crippen LogP contribution is 2.40. The largest absolute Gasteiger partial charge is 0.463 e. The van der Waals surface area contributed by atoms with Gasteiger partial charge in [-0.15, -0.1) is 6.42 Å². The van der Waals surface area contributed by atoms with E-state index in [1.807, 2.05) is 6.07 Å². The first-order valence-electron chi connectivity index (χ1n) is 13.5. The van der Waals surface area contributed by atoms with Crippen LogP contribution in [0.25, 0.3) is 0 Å². The predicted octanol–water partition coefficient (Wildman–Crippen LogP) is 3.93. The van der Waals surface area contributed by atoms with E-state index < -0.39 is 54.4 Å². The first kappa shape index (κ1) is 29.8. The molecule has 2 aliphatic rings. The van der Waals surface area contributed by atoms with Crippen LogP contribution in [0.4, 0.5) is 0 Å². The van der Waals surface area contributed by atoms with Crippen molar-refractivity contribution in [2.45, 2.75) is 83.4 Å². The molecule has 0 radical (unpaired) electrons. The number of benzene rings is 2. The van der Waals surface area contributed by atoms with E-state index in [0.717, 1.165) is 11.1 Å². The molecule has 0 bridgehead atoms. The SMILES string of the molecule is C#Cc1ccc([C@@H]2O[C@H](COC(C)=O)[C@@H](OC(C)=O)[C@H](OC(C)=O)[C@H]2OC(C)=O)cc1Cc1ccc(C2CC2)cc1. The summed E-state index contributed by atoms with van der Waals surface area (Å²) < 4.78 is 28.2. The average molecular weight is 563 g/mol. The normalized spacial score (nSPS) is 23.5. The Morgan fingerprint density at radius 1 is 0.805 bits per heavy atom. The second kappa shape index (κ2) is 13.0. The van der Waals surface area contributed by atoms with E-state index in [1.165, 1.54) is 46.1 Å². The number of terminal acetylenes is 1. The lowest BCUT2D eigenvalue weighted by molar-refractivity contribution is -0.254. The molecule has 5 atom stereocenters. The number of rotatable bonds is 9. The van der Waals surface area contributed by atoms with Crippen molar-refractivity contribution >= 4 is 23.9 Å². The van der Waals surface area contributed by atoms with Crippen molar-refractivity contribution in [1.82, 2.24) is 0 Å². The fourth-order valence-electron chi connectivity index (χ4n) is 5.12. The van der Waals surface area contributed by atoms with Gasteiger partial charge in [0.05, 0.1) is 0 Å². The topological polar surface area (TPSA) is 114 Å². The molecule has 1 saturated heterocycles. The standard InChI is InChI=1S/C32H34O9/c1-6-23-11-14-26(16-27(23)15-22-7-9-24(10-8-22)25-12-13-25)29-31(39-20(4)35)32(40-21(5)36)30(38-19(3)34)28(41-29)17-37-18(2)33/h1,7-11,14,16,25,28-32H,12-13,15,17H2,2-5H3/t28-,29+,30-,31+,32+/m1/s1. The van der Waals surface area contributed by atoms with E-state index in [4.69, 9.17) is 30.1 Å². The summed E-state index contributed by atoms with van der Waals surface area (Å²) >= 11 is 0. The van der Waals surface area contributed by atoms with E-state index in [1.54, 1.807) is 12.1 Å². The van der Waals surface area contributed by atoms with Crippen LogP contribution in [0.2, 0.25) is 0 Å². The lowest BCUT2D eigenvalue weighted by Crippen LogP contribution is -2.59. The molecule has 2 aromatic rings. The molecular formula is C32H34O9. The Labute approximate surface area is 239 Å². The maximum absolute atomic E-state index is 12.2. The molecule has 0 amide bonds. The molecule has 4 rings (SSSR count). The van der Waals surface area contributed by atoms with Crippen molar-refractivity contribution in [3.05, 3.63) is 70.3 Å². The van der Waals surface area contributed by atoms with Crippen molar-refractivity contribution in [3.8, 4) is 12.3 Å². The Morgan fingerprint density at radius 3 is 1.95 bits per heavy atom. The van der Waals surface area contributed by atoms with Gasteiger partial charge in [0, 0.05) is 33.3 Å². The van der Waals surface area contributed by atoms with Gasteiger partial charge in [-0.25, -0.2) is 0 Å². The van der Waals surface area contributed by atoms with Crippen LogP contribution in [-0.4, -0.2) is 54.9 Å². The zero-order chi connectivity index (χ0) is 29.7. The van der Waals surface area contributed by atoms with Crippen LogP contribution in [-0.2, 0) is 49.3 Å². The summed E-state index contributed by atoms with van der Waals surface area (Å²) in [6.45, 7) is 4.52. The van der Waals surface area contributed by atoms with Gasteiger partial charge in [-0.1, -0.05) is 42.3 Å². The summed E-state index contributed by atoms with van der Waals surface area (Å²) in [6, 6.07) is 13.9. The Morgan fingerprint density at radius 2 is 1.39 bits per heavy atom. The van der Waals surface area contributed by atoms with Gasteiger partial charge in [-0.2, -0.15) is 0 Å². The molecule has 9 heteroatoms. The zero-order valence-electron chi connectivity index (χ0n) is 23.6. The minimum atomic E-state index is -1.25. The molecule has 41 heavy (non-hydrogen) atoms. The second-order valence-electron chi connectivity index (χ2n) is 10.4. The van der Waals surface area contributed by atoms with E-state index in [2.05, 4.69) is 30.2 Å². The third-order valence-corrected chi connectivity index (χ3v) is 7.03. The third kappa shape index (κ3) is 7.74. The molecule has 0 unspecified atom stereocenters. The second-order valence-corrected chi connectivity index (χ2v) is 10.4. The molecule has 2 aromatic carbocycles. The Kier molecular flexibility index (Phi) is 9.46. The van der Waals surface area contributed by atoms with Crippen molar-refractivity contribution in [1.29, 1.82) is 0 Å². The van der Waals surface area contributed by atoms with E-state index in [0.29, 0.717) is 23.5 Å². The van der Waals surface area contributed by atoms with Gasteiger partial charge in [0.2, 0.25) is 0 Å².